The topological polar surface area (TPSA) is 38.0 Å². The molecule has 0 saturated heterocycles. The minimum atomic E-state index is -0.210. The predicted molar refractivity (Wildman–Crippen MR) is 76.9 cm³/mol. The number of nitrogens with one attached hydrogen (secondary N) is 1. The van der Waals surface area contributed by atoms with Crippen molar-refractivity contribution in [2.24, 2.45) is 5.84 Å². The number of hydrazine groups is 1. The highest BCUT2D eigenvalue weighted by molar-refractivity contribution is 9.10. The van der Waals surface area contributed by atoms with Crippen LogP contribution in [0.25, 0.3) is 0 Å². The van der Waals surface area contributed by atoms with Crippen LogP contribution in [0.1, 0.15) is 22.0 Å². The molecule has 2 rings (SSSR count). The van der Waals surface area contributed by atoms with E-state index in [0.717, 1.165) is 20.5 Å². The van der Waals surface area contributed by atoms with Gasteiger partial charge >= 0.3 is 0 Å². The molecular formula is C13H14BrFN2S. The molecule has 1 atom stereocenters. The molecule has 2 aromatic rings. The predicted octanol–water partition coefficient (Wildman–Crippen LogP) is 3.71. The van der Waals surface area contributed by atoms with Gasteiger partial charge in [0.15, 0.2) is 0 Å². The molecule has 0 saturated carbocycles. The van der Waals surface area contributed by atoms with Crippen LogP contribution in [0.4, 0.5) is 4.39 Å². The second-order valence-electron chi connectivity index (χ2n) is 4.16. The number of hydrogen-bond donors (Lipinski definition) is 2. The maximum atomic E-state index is 13.3. The summed E-state index contributed by atoms with van der Waals surface area (Å²) in [5, 5.41) is 2.01. The first-order chi connectivity index (χ1) is 8.60. The molecule has 0 aliphatic rings. The Morgan fingerprint density at radius 3 is 2.83 bits per heavy atom. The van der Waals surface area contributed by atoms with E-state index in [2.05, 4.69) is 21.4 Å². The van der Waals surface area contributed by atoms with E-state index in [1.807, 2.05) is 18.4 Å². The molecule has 1 unspecified atom stereocenters. The monoisotopic (exact) mass is 328 g/mol. The molecule has 1 aromatic carbocycles. The van der Waals surface area contributed by atoms with E-state index in [4.69, 9.17) is 5.84 Å². The quantitative estimate of drug-likeness (QED) is 0.663. The second-order valence-corrected chi connectivity index (χ2v) is 6.02. The number of nitrogens with two attached hydrogens (primary N) is 1. The van der Waals surface area contributed by atoms with Crippen LogP contribution >= 0.6 is 27.3 Å². The molecule has 0 aliphatic heterocycles. The Kier molecular flexibility index (Phi) is 4.50. The Labute approximate surface area is 118 Å². The Hall–Kier alpha value is -0.750. The second kappa shape index (κ2) is 5.93. The summed E-state index contributed by atoms with van der Waals surface area (Å²) < 4.78 is 14.3. The van der Waals surface area contributed by atoms with Gasteiger partial charge in [0.25, 0.3) is 0 Å². The first kappa shape index (κ1) is 13.7. The van der Waals surface area contributed by atoms with E-state index in [1.165, 1.54) is 6.07 Å². The standard InChI is InChI=1S/C13H14BrFN2S/c1-8-2-3-11(15)4-9(8)5-12(17-16)13-6-10(14)7-18-13/h2-4,6-7,12,17H,5,16H2,1H3. The molecule has 0 bridgehead atoms. The Morgan fingerprint density at radius 1 is 1.44 bits per heavy atom. The van der Waals surface area contributed by atoms with E-state index in [1.54, 1.807) is 23.5 Å². The summed E-state index contributed by atoms with van der Waals surface area (Å²) in [4.78, 5) is 1.13. The van der Waals surface area contributed by atoms with Crippen molar-refractivity contribution in [3.63, 3.8) is 0 Å². The molecule has 0 aliphatic carbocycles. The molecule has 0 spiro atoms. The van der Waals surface area contributed by atoms with Crippen LogP contribution in [-0.4, -0.2) is 0 Å². The van der Waals surface area contributed by atoms with Crippen molar-refractivity contribution in [3.05, 3.63) is 55.9 Å². The van der Waals surface area contributed by atoms with Crippen molar-refractivity contribution < 1.29 is 4.39 Å². The van der Waals surface area contributed by atoms with Gasteiger partial charge in [-0.25, -0.2) is 4.39 Å². The van der Waals surface area contributed by atoms with Crippen LogP contribution in [0.15, 0.2) is 34.1 Å². The molecule has 2 nitrogen and oxygen atoms in total. The molecule has 3 N–H and O–H groups in total. The van der Waals surface area contributed by atoms with Crippen LogP contribution in [0, 0.1) is 12.7 Å². The fraction of sp³-hybridized carbons (Fsp3) is 0.231. The average molecular weight is 329 g/mol. The maximum Gasteiger partial charge on any atom is 0.123 e. The van der Waals surface area contributed by atoms with Crippen molar-refractivity contribution in [1.29, 1.82) is 0 Å². The number of hydrogen-bond acceptors (Lipinski definition) is 3. The van der Waals surface area contributed by atoms with Gasteiger partial charge in [-0.2, -0.15) is 0 Å². The smallest absolute Gasteiger partial charge is 0.123 e. The van der Waals surface area contributed by atoms with E-state index >= 15 is 0 Å². The summed E-state index contributed by atoms with van der Waals surface area (Å²) in [7, 11) is 0. The van der Waals surface area contributed by atoms with E-state index in [-0.39, 0.29) is 11.9 Å². The average Bonchev–Trinajstić information content (AvgIpc) is 2.77. The van der Waals surface area contributed by atoms with E-state index in [0.29, 0.717) is 6.42 Å². The van der Waals surface area contributed by atoms with E-state index in [9.17, 15) is 4.39 Å². The molecule has 1 aromatic heterocycles. The van der Waals surface area contributed by atoms with Crippen LogP contribution < -0.4 is 11.3 Å². The molecule has 96 valence electrons. The van der Waals surface area contributed by atoms with Crippen molar-refractivity contribution in [2.75, 3.05) is 0 Å². The van der Waals surface area contributed by atoms with Gasteiger partial charge in [0.1, 0.15) is 5.82 Å². The van der Waals surface area contributed by atoms with Crippen LogP contribution in [-0.2, 0) is 6.42 Å². The summed E-state index contributed by atoms with van der Waals surface area (Å²) in [5.74, 6) is 5.39. The lowest BCUT2D eigenvalue weighted by molar-refractivity contribution is 0.555. The zero-order valence-corrected chi connectivity index (χ0v) is 12.3. The summed E-state index contributed by atoms with van der Waals surface area (Å²) in [5.41, 5.74) is 4.84. The zero-order chi connectivity index (χ0) is 13.1. The van der Waals surface area contributed by atoms with Gasteiger partial charge in [0.2, 0.25) is 0 Å². The Morgan fingerprint density at radius 2 is 2.22 bits per heavy atom. The van der Waals surface area contributed by atoms with Gasteiger partial charge in [-0.15, -0.1) is 11.3 Å². The first-order valence-corrected chi connectivity index (χ1v) is 7.22. The number of rotatable bonds is 4. The first-order valence-electron chi connectivity index (χ1n) is 5.55. The third-order valence-electron chi connectivity index (χ3n) is 2.87. The number of benzene rings is 1. The zero-order valence-electron chi connectivity index (χ0n) is 9.91. The fourth-order valence-electron chi connectivity index (χ4n) is 1.83. The minimum Gasteiger partial charge on any atom is -0.271 e. The van der Waals surface area contributed by atoms with Crippen LogP contribution in [0.3, 0.4) is 0 Å². The minimum absolute atomic E-state index is 0.00167. The third-order valence-corrected chi connectivity index (χ3v) is 4.67. The van der Waals surface area contributed by atoms with Gasteiger partial charge in [-0.05, 0) is 58.6 Å². The number of aryl methyl sites for hydroxylation is 1. The molecular weight excluding hydrogens is 315 g/mol. The van der Waals surface area contributed by atoms with E-state index < -0.39 is 0 Å². The largest absolute Gasteiger partial charge is 0.271 e. The third kappa shape index (κ3) is 3.17. The molecule has 18 heavy (non-hydrogen) atoms. The number of thiophene rings is 1. The Bertz CT molecular complexity index is 542. The van der Waals surface area contributed by atoms with Crippen LogP contribution in [0.5, 0.6) is 0 Å². The normalized spacial score (nSPS) is 12.7. The van der Waals surface area contributed by atoms with Crippen molar-refractivity contribution in [2.45, 2.75) is 19.4 Å². The summed E-state index contributed by atoms with van der Waals surface area (Å²) >= 11 is 5.05. The maximum absolute atomic E-state index is 13.3. The molecule has 0 fully saturated rings. The van der Waals surface area contributed by atoms with Gasteiger partial charge in [0.05, 0.1) is 6.04 Å². The lowest BCUT2D eigenvalue weighted by Crippen LogP contribution is -2.29. The highest BCUT2D eigenvalue weighted by atomic mass is 79.9. The van der Waals surface area contributed by atoms with Gasteiger partial charge in [-0.3, -0.25) is 11.3 Å². The molecule has 5 heteroatoms. The highest BCUT2D eigenvalue weighted by Crippen LogP contribution is 2.28. The lowest BCUT2D eigenvalue weighted by atomic mass is 10.0. The fourth-order valence-corrected chi connectivity index (χ4v) is 3.34. The molecule has 0 radical (unpaired) electrons. The van der Waals surface area contributed by atoms with Gasteiger partial charge < -0.3 is 0 Å². The number of halogens is 2. The molecule has 0 amide bonds. The summed E-state index contributed by atoms with van der Waals surface area (Å²) in [6.07, 6.45) is 0.674. The summed E-state index contributed by atoms with van der Waals surface area (Å²) in [6, 6.07) is 6.88. The Balaban J connectivity index is 2.22. The van der Waals surface area contributed by atoms with Crippen molar-refractivity contribution in [1.82, 2.24) is 5.43 Å². The van der Waals surface area contributed by atoms with Gasteiger partial charge in [-0.1, -0.05) is 6.07 Å². The lowest BCUT2D eigenvalue weighted by Gasteiger charge is -2.15. The van der Waals surface area contributed by atoms with Crippen molar-refractivity contribution in [3.8, 4) is 0 Å². The highest BCUT2D eigenvalue weighted by Gasteiger charge is 2.14. The molecule has 1 heterocycles. The van der Waals surface area contributed by atoms with Crippen molar-refractivity contribution >= 4 is 27.3 Å². The SMILES string of the molecule is Cc1ccc(F)cc1CC(NN)c1cc(Br)cs1. The summed E-state index contributed by atoms with van der Waals surface area (Å²) in [6.45, 7) is 1.98. The van der Waals surface area contributed by atoms with Gasteiger partial charge in [0, 0.05) is 14.7 Å². The van der Waals surface area contributed by atoms with Crippen LogP contribution in [0.2, 0.25) is 0 Å².